The number of nitrogens with one attached hydrogen (secondary N) is 2. The highest BCUT2D eigenvalue weighted by Crippen LogP contribution is 2.34. The molecule has 0 unspecified atom stereocenters. The predicted molar refractivity (Wildman–Crippen MR) is 142 cm³/mol. The largest absolute Gasteiger partial charge is 0.478 e. The molecule has 0 aliphatic carbocycles. The summed E-state index contributed by atoms with van der Waals surface area (Å²) >= 11 is 0. The highest BCUT2D eigenvalue weighted by Gasteiger charge is 2.19. The molecule has 2 amide bonds. The van der Waals surface area contributed by atoms with Crippen molar-refractivity contribution in [2.24, 2.45) is 11.8 Å². The van der Waals surface area contributed by atoms with Gasteiger partial charge in [-0.2, -0.15) is 0 Å². The first kappa shape index (κ1) is 25.7. The van der Waals surface area contributed by atoms with E-state index in [0.717, 1.165) is 24.3 Å². The average molecular weight is 475 g/mol. The number of aryl methyl sites for hydroxylation is 1. The van der Waals surface area contributed by atoms with Crippen molar-refractivity contribution in [1.29, 1.82) is 0 Å². The molecule has 0 aliphatic heterocycles. The Morgan fingerprint density at radius 2 is 1.60 bits per heavy atom. The molecule has 0 fully saturated rings. The van der Waals surface area contributed by atoms with E-state index < -0.39 is 5.97 Å². The average Bonchev–Trinajstić information content (AvgIpc) is 2.79. The van der Waals surface area contributed by atoms with Crippen LogP contribution in [0.3, 0.4) is 0 Å². The maximum Gasteiger partial charge on any atom is 0.337 e. The molecule has 3 aromatic rings. The first-order valence-corrected chi connectivity index (χ1v) is 11.9. The van der Waals surface area contributed by atoms with Gasteiger partial charge in [0.05, 0.1) is 16.9 Å². The highest BCUT2D eigenvalue weighted by molar-refractivity contribution is 6.03. The van der Waals surface area contributed by atoms with Gasteiger partial charge in [-0.05, 0) is 60.2 Å². The van der Waals surface area contributed by atoms with Crippen molar-refractivity contribution < 1.29 is 14.7 Å². The molecule has 0 saturated carbocycles. The molecule has 3 N–H and O–H groups in total. The quantitative estimate of drug-likeness (QED) is 0.328. The van der Waals surface area contributed by atoms with Gasteiger partial charge in [0.15, 0.2) is 0 Å². The van der Waals surface area contributed by atoms with E-state index in [1.165, 1.54) is 6.20 Å². The van der Waals surface area contributed by atoms with Gasteiger partial charge in [0.1, 0.15) is 0 Å². The molecule has 1 aromatic heterocycles. The normalized spacial score (nSPS) is 10.9. The van der Waals surface area contributed by atoms with Gasteiger partial charge in [-0.15, -0.1) is 0 Å². The second-order valence-corrected chi connectivity index (χ2v) is 9.60. The first-order chi connectivity index (χ1) is 16.6. The monoisotopic (exact) mass is 474 g/mol. The van der Waals surface area contributed by atoms with Crippen LogP contribution in [0.25, 0.3) is 11.1 Å². The Balaban J connectivity index is 2.03. The van der Waals surface area contributed by atoms with Gasteiger partial charge >= 0.3 is 12.0 Å². The van der Waals surface area contributed by atoms with Gasteiger partial charge < -0.3 is 20.6 Å². The molecule has 2 aromatic carbocycles. The number of benzene rings is 2. The van der Waals surface area contributed by atoms with E-state index in [9.17, 15) is 14.7 Å². The van der Waals surface area contributed by atoms with Crippen molar-refractivity contribution >= 4 is 29.1 Å². The minimum atomic E-state index is -1.05. The lowest BCUT2D eigenvalue weighted by Gasteiger charge is -2.31. The maximum absolute atomic E-state index is 13.0. The molecule has 0 aliphatic rings. The van der Waals surface area contributed by atoms with Crippen molar-refractivity contribution in [3.8, 4) is 11.1 Å². The number of carboxylic acids is 1. The van der Waals surface area contributed by atoms with Crippen molar-refractivity contribution in [2.75, 3.05) is 28.6 Å². The third kappa shape index (κ3) is 7.06. The van der Waals surface area contributed by atoms with Crippen LogP contribution in [0.2, 0.25) is 0 Å². The minimum Gasteiger partial charge on any atom is -0.478 e. The van der Waals surface area contributed by atoms with Gasteiger partial charge in [-0.25, -0.2) is 9.59 Å². The maximum atomic E-state index is 13.0. The lowest BCUT2D eigenvalue weighted by molar-refractivity contribution is 0.0697. The zero-order chi connectivity index (χ0) is 25.5. The summed E-state index contributed by atoms with van der Waals surface area (Å²) in [4.78, 5) is 31.0. The van der Waals surface area contributed by atoms with E-state index >= 15 is 0 Å². The van der Waals surface area contributed by atoms with Gasteiger partial charge in [0.25, 0.3) is 0 Å². The summed E-state index contributed by atoms with van der Waals surface area (Å²) in [6.45, 7) is 12.3. The second kappa shape index (κ2) is 11.5. The van der Waals surface area contributed by atoms with E-state index in [1.54, 1.807) is 12.3 Å². The van der Waals surface area contributed by atoms with E-state index in [4.69, 9.17) is 0 Å². The molecule has 7 heteroatoms. The number of rotatable bonds is 9. The zero-order valence-corrected chi connectivity index (χ0v) is 21.0. The predicted octanol–water partition coefficient (Wildman–Crippen LogP) is 6.52. The molecule has 3 rings (SSSR count). The number of nitrogens with zero attached hydrogens (tertiary/aromatic N) is 2. The van der Waals surface area contributed by atoms with E-state index in [1.807, 2.05) is 49.4 Å². The standard InChI is InChI=1S/C28H34N4O3/c1-18(2)16-32(17-19(3)4)26-11-8-21(23-12-13-29-15-24(23)27(33)34)14-25(26)31-28(35)30-22-9-6-20(5)7-10-22/h6-15,18-19H,16-17H2,1-5H3,(H,33,34)(H2,30,31,35). The topological polar surface area (TPSA) is 94.6 Å². The van der Waals surface area contributed by atoms with Crippen LogP contribution in [0.5, 0.6) is 0 Å². The number of carbonyl (C=O) groups excluding carboxylic acids is 1. The molecule has 184 valence electrons. The molecular weight excluding hydrogens is 440 g/mol. The van der Waals surface area contributed by atoms with Gasteiger partial charge in [-0.3, -0.25) is 4.98 Å². The Morgan fingerprint density at radius 3 is 2.20 bits per heavy atom. The summed E-state index contributed by atoms with van der Waals surface area (Å²) in [5, 5.41) is 15.5. The Bertz CT molecular complexity index is 1160. The van der Waals surface area contributed by atoms with Crippen LogP contribution in [-0.4, -0.2) is 35.2 Å². The Hall–Kier alpha value is -3.87. The number of amides is 2. The number of urea groups is 1. The number of hydrogen-bond donors (Lipinski definition) is 3. The molecule has 7 nitrogen and oxygen atoms in total. The fraction of sp³-hybridized carbons (Fsp3) is 0.321. The lowest BCUT2D eigenvalue weighted by atomic mass is 10.00. The van der Waals surface area contributed by atoms with Crippen LogP contribution >= 0.6 is 0 Å². The Labute approximate surface area is 207 Å². The number of aromatic carboxylic acids is 1. The number of hydrogen-bond acceptors (Lipinski definition) is 4. The summed E-state index contributed by atoms with van der Waals surface area (Å²) in [6.07, 6.45) is 2.91. The number of anilines is 3. The van der Waals surface area contributed by atoms with Gasteiger partial charge in [-0.1, -0.05) is 51.5 Å². The molecule has 35 heavy (non-hydrogen) atoms. The molecule has 0 bridgehead atoms. The summed E-state index contributed by atoms with van der Waals surface area (Å²) in [5.41, 5.74) is 4.64. The third-order valence-corrected chi connectivity index (χ3v) is 5.43. The fourth-order valence-electron chi connectivity index (χ4n) is 3.97. The Morgan fingerprint density at radius 1 is 0.943 bits per heavy atom. The van der Waals surface area contributed by atoms with E-state index in [-0.39, 0.29) is 11.6 Å². The van der Waals surface area contributed by atoms with Crippen LogP contribution in [0.1, 0.15) is 43.6 Å². The van der Waals surface area contributed by atoms with Crippen LogP contribution in [0, 0.1) is 18.8 Å². The van der Waals surface area contributed by atoms with Crippen LogP contribution in [0.15, 0.2) is 60.9 Å². The fourth-order valence-corrected chi connectivity index (χ4v) is 3.97. The van der Waals surface area contributed by atoms with Crippen LogP contribution in [0.4, 0.5) is 21.9 Å². The third-order valence-electron chi connectivity index (χ3n) is 5.43. The molecule has 0 radical (unpaired) electrons. The van der Waals surface area contributed by atoms with Crippen molar-refractivity contribution in [2.45, 2.75) is 34.6 Å². The van der Waals surface area contributed by atoms with Crippen molar-refractivity contribution in [1.82, 2.24) is 4.98 Å². The smallest absolute Gasteiger partial charge is 0.337 e. The summed E-state index contributed by atoms with van der Waals surface area (Å²) in [5.74, 6) is -0.215. The number of aromatic nitrogens is 1. The minimum absolute atomic E-state index is 0.108. The number of pyridine rings is 1. The van der Waals surface area contributed by atoms with Gasteiger partial charge in [0.2, 0.25) is 0 Å². The van der Waals surface area contributed by atoms with Crippen molar-refractivity contribution in [3.05, 3.63) is 72.1 Å². The molecule has 0 atom stereocenters. The Kier molecular flexibility index (Phi) is 8.47. The summed E-state index contributed by atoms with van der Waals surface area (Å²) < 4.78 is 0. The first-order valence-electron chi connectivity index (χ1n) is 11.9. The molecule has 0 saturated heterocycles. The number of carboxylic acid groups (broad SMARTS) is 1. The number of carbonyl (C=O) groups is 2. The molecule has 0 spiro atoms. The summed E-state index contributed by atoms with van der Waals surface area (Å²) in [7, 11) is 0. The highest BCUT2D eigenvalue weighted by atomic mass is 16.4. The van der Waals surface area contributed by atoms with E-state index in [0.29, 0.717) is 34.3 Å². The zero-order valence-electron chi connectivity index (χ0n) is 21.0. The van der Waals surface area contributed by atoms with E-state index in [2.05, 4.69) is 48.2 Å². The second-order valence-electron chi connectivity index (χ2n) is 9.60. The SMILES string of the molecule is Cc1ccc(NC(=O)Nc2cc(-c3ccncc3C(=O)O)ccc2N(CC(C)C)CC(C)C)cc1. The van der Waals surface area contributed by atoms with Crippen LogP contribution < -0.4 is 15.5 Å². The lowest BCUT2D eigenvalue weighted by Crippen LogP contribution is -2.32. The molecule has 1 heterocycles. The van der Waals surface area contributed by atoms with Gasteiger partial charge in [0, 0.05) is 31.2 Å². The molecular formula is C28H34N4O3. The van der Waals surface area contributed by atoms with Crippen LogP contribution in [-0.2, 0) is 0 Å². The summed E-state index contributed by atoms with van der Waals surface area (Å²) in [6, 6.07) is 14.6. The van der Waals surface area contributed by atoms with Crippen molar-refractivity contribution in [3.63, 3.8) is 0 Å².